The number of ether oxygens (including phenoxy) is 1. The van der Waals surface area contributed by atoms with E-state index >= 15 is 0 Å². The normalized spacial score (nSPS) is 16.0. The van der Waals surface area contributed by atoms with E-state index < -0.39 is 16.1 Å². The van der Waals surface area contributed by atoms with Crippen LogP contribution in [-0.2, 0) is 16.4 Å². The van der Waals surface area contributed by atoms with Crippen LogP contribution >= 0.6 is 0 Å². The third-order valence-electron chi connectivity index (χ3n) is 8.35. The number of amides is 2. The molecule has 2 aromatic heterocycles. The van der Waals surface area contributed by atoms with Crippen molar-refractivity contribution in [3.05, 3.63) is 78.6 Å². The van der Waals surface area contributed by atoms with Gasteiger partial charge in [-0.1, -0.05) is 30.3 Å². The lowest BCUT2D eigenvalue weighted by molar-refractivity contribution is 0.248. The molecule has 226 valence electrons. The van der Waals surface area contributed by atoms with E-state index in [1.54, 1.807) is 36.5 Å². The smallest absolute Gasteiger partial charge is 0.319 e. The number of nitrogens with zero attached hydrogens (tertiary/aromatic N) is 5. The van der Waals surface area contributed by atoms with Gasteiger partial charge in [0.05, 0.1) is 22.9 Å². The minimum absolute atomic E-state index is 0.144. The van der Waals surface area contributed by atoms with Crippen LogP contribution in [0.25, 0.3) is 11.0 Å². The molecule has 1 fully saturated rings. The van der Waals surface area contributed by atoms with Crippen LogP contribution in [0.15, 0.2) is 78.0 Å². The molecular formula is C32H38N6O4S. The molecular weight excluding hydrogens is 564 g/mol. The van der Waals surface area contributed by atoms with E-state index in [0.29, 0.717) is 17.6 Å². The molecule has 6 rings (SSSR count). The summed E-state index contributed by atoms with van der Waals surface area (Å²) in [5, 5.41) is 0.555. The molecule has 4 heterocycles. The number of piperazine rings is 1. The predicted molar refractivity (Wildman–Crippen MR) is 168 cm³/mol. The number of rotatable bonds is 9. The molecule has 1 saturated heterocycles. The van der Waals surface area contributed by atoms with Gasteiger partial charge in [-0.25, -0.2) is 22.2 Å². The van der Waals surface area contributed by atoms with Crippen LogP contribution in [0.2, 0.25) is 0 Å². The van der Waals surface area contributed by atoms with Crippen molar-refractivity contribution in [2.75, 3.05) is 55.7 Å². The molecule has 10 nitrogen and oxygen atoms in total. The summed E-state index contributed by atoms with van der Waals surface area (Å²) in [6.45, 7) is 5.87. The average molecular weight is 603 g/mol. The number of aromatic nitrogens is 2. The van der Waals surface area contributed by atoms with Gasteiger partial charge >= 0.3 is 6.03 Å². The van der Waals surface area contributed by atoms with Gasteiger partial charge in [0.15, 0.2) is 5.65 Å². The summed E-state index contributed by atoms with van der Waals surface area (Å²) in [4.78, 5) is 23.4. The van der Waals surface area contributed by atoms with Crippen LogP contribution in [0.4, 0.5) is 16.2 Å². The number of unbranched alkanes of at least 4 members (excludes halogenated alkanes) is 1. The van der Waals surface area contributed by atoms with Crippen molar-refractivity contribution in [3.63, 3.8) is 0 Å². The maximum absolute atomic E-state index is 13.5. The van der Waals surface area contributed by atoms with Crippen molar-refractivity contribution in [1.29, 1.82) is 0 Å². The Morgan fingerprint density at radius 1 is 0.953 bits per heavy atom. The standard InChI is InChI=1S/C32H38N6O4S/c33-32(39)37(29-24-38(31-27(29)14-9-16-34-31)43(40,41)26-12-2-1-3-13-26)18-6-5-17-35-19-21-36(22-20-35)28-15-8-11-25-10-4-7-23-42-30(25)28/h1-3,8-9,11-16,24H,4-7,10,17-23H2,(H2,33,39). The number of carbonyl (C=O) groups is 1. The van der Waals surface area contributed by atoms with Crippen LogP contribution in [0.3, 0.4) is 0 Å². The van der Waals surface area contributed by atoms with E-state index in [9.17, 15) is 13.2 Å². The van der Waals surface area contributed by atoms with E-state index in [-0.39, 0.29) is 10.5 Å². The van der Waals surface area contributed by atoms with Gasteiger partial charge < -0.3 is 15.4 Å². The number of hydrogen-bond acceptors (Lipinski definition) is 7. The first-order chi connectivity index (χ1) is 20.9. The van der Waals surface area contributed by atoms with Crippen molar-refractivity contribution < 1.29 is 17.9 Å². The molecule has 0 atom stereocenters. The third-order valence-corrected chi connectivity index (χ3v) is 10.0. The van der Waals surface area contributed by atoms with E-state index in [0.717, 1.165) is 74.7 Å². The monoisotopic (exact) mass is 602 g/mol. The van der Waals surface area contributed by atoms with Crippen LogP contribution < -0.4 is 20.3 Å². The molecule has 0 spiro atoms. The summed E-state index contributed by atoms with van der Waals surface area (Å²) < 4.78 is 34.2. The zero-order valence-corrected chi connectivity index (χ0v) is 25.1. The van der Waals surface area contributed by atoms with Gasteiger partial charge in [0.1, 0.15) is 5.75 Å². The second-order valence-electron chi connectivity index (χ2n) is 11.1. The maximum atomic E-state index is 13.5. The lowest BCUT2D eigenvalue weighted by atomic mass is 10.1. The van der Waals surface area contributed by atoms with Gasteiger partial charge in [-0.2, -0.15) is 0 Å². The number of benzene rings is 2. The van der Waals surface area contributed by atoms with Crippen LogP contribution in [-0.4, -0.2) is 74.2 Å². The van der Waals surface area contributed by atoms with Crippen molar-refractivity contribution in [2.45, 2.75) is 37.0 Å². The zero-order chi connectivity index (χ0) is 29.8. The van der Waals surface area contributed by atoms with Crippen LogP contribution in [0.1, 0.15) is 31.2 Å². The number of hydrogen-bond donors (Lipinski definition) is 1. The molecule has 2 amide bonds. The summed E-state index contributed by atoms with van der Waals surface area (Å²) in [6.07, 6.45) is 7.94. The molecule has 0 bridgehead atoms. The van der Waals surface area contributed by atoms with Gasteiger partial charge in [0, 0.05) is 50.5 Å². The molecule has 2 aliphatic rings. The third kappa shape index (κ3) is 6.05. The molecule has 2 N–H and O–H groups in total. The average Bonchev–Trinajstić information content (AvgIpc) is 3.24. The number of pyridine rings is 1. The Labute approximate surface area is 252 Å². The first-order valence-electron chi connectivity index (χ1n) is 15.0. The number of primary amides is 1. The number of aryl methyl sites for hydroxylation is 1. The molecule has 11 heteroatoms. The molecule has 0 aliphatic carbocycles. The highest BCUT2D eigenvalue weighted by molar-refractivity contribution is 7.90. The number of urea groups is 1. The van der Waals surface area contributed by atoms with E-state index in [1.165, 1.54) is 40.9 Å². The summed E-state index contributed by atoms with van der Waals surface area (Å²) in [5.41, 5.74) is 9.04. The van der Waals surface area contributed by atoms with Crippen molar-refractivity contribution in [2.24, 2.45) is 5.73 Å². The Hall–Kier alpha value is -4.09. The highest BCUT2D eigenvalue weighted by atomic mass is 32.2. The summed E-state index contributed by atoms with van der Waals surface area (Å²) in [5.74, 6) is 1.06. The molecule has 0 unspecified atom stereocenters. The fourth-order valence-electron chi connectivity index (χ4n) is 6.06. The quantitative estimate of drug-likeness (QED) is 0.281. The molecule has 2 aromatic carbocycles. The van der Waals surface area contributed by atoms with Gasteiger partial charge in [0.25, 0.3) is 10.0 Å². The van der Waals surface area contributed by atoms with Gasteiger partial charge in [0.2, 0.25) is 0 Å². The van der Waals surface area contributed by atoms with Crippen molar-refractivity contribution in [3.8, 4) is 5.75 Å². The zero-order valence-electron chi connectivity index (χ0n) is 24.3. The largest absolute Gasteiger partial charge is 0.491 e. The Morgan fingerprint density at radius 2 is 1.77 bits per heavy atom. The SMILES string of the molecule is NC(=O)N(CCCCN1CCN(c2cccc3c2OCCCC3)CC1)c1cn(S(=O)(=O)c2ccccc2)c2ncccc12. The lowest BCUT2D eigenvalue weighted by Crippen LogP contribution is -2.47. The minimum atomic E-state index is -3.92. The minimum Gasteiger partial charge on any atom is -0.491 e. The lowest BCUT2D eigenvalue weighted by Gasteiger charge is -2.37. The van der Waals surface area contributed by atoms with Crippen LogP contribution in [0, 0.1) is 0 Å². The van der Waals surface area contributed by atoms with E-state index in [2.05, 4.69) is 33.0 Å². The Balaban J connectivity index is 1.09. The topological polar surface area (TPSA) is 114 Å². The number of nitrogens with two attached hydrogens (primary N) is 1. The predicted octanol–water partition coefficient (Wildman–Crippen LogP) is 4.48. The van der Waals surface area contributed by atoms with Crippen molar-refractivity contribution in [1.82, 2.24) is 13.9 Å². The van der Waals surface area contributed by atoms with Crippen molar-refractivity contribution >= 4 is 38.5 Å². The number of carbonyl (C=O) groups excluding carboxylic acids is 1. The molecule has 2 aliphatic heterocycles. The van der Waals surface area contributed by atoms with Gasteiger partial charge in [-0.05, 0) is 74.5 Å². The fourth-order valence-corrected chi connectivity index (χ4v) is 7.40. The second kappa shape index (κ2) is 12.6. The van der Waals surface area contributed by atoms with Gasteiger partial charge in [-0.3, -0.25) is 9.80 Å². The summed E-state index contributed by atoms with van der Waals surface area (Å²) in [6, 6.07) is 17.6. The molecule has 0 saturated carbocycles. The van der Waals surface area contributed by atoms with E-state index in [4.69, 9.17) is 10.5 Å². The first kappa shape index (κ1) is 29.0. The number of para-hydroxylation sites is 1. The summed E-state index contributed by atoms with van der Waals surface area (Å²) >= 11 is 0. The maximum Gasteiger partial charge on any atom is 0.319 e. The second-order valence-corrected chi connectivity index (χ2v) is 12.9. The molecule has 43 heavy (non-hydrogen) atoms. The Kier molecular flexibility index (Phi) is 8.53. The number of anilines is 2. The first-order valence-corrected chi connectivity index (χ1v) is 16.4. The van der Waals surface area contributed by atoms with Crippen LogP contribution in [0.5, 0.6) is 5.75 Å². The Morgan fingerprint density at radius 3 is 2.56 bits per heavy atom. The highest BCUT2D eigenvalue weighted by Crippen LogP contribution is 2.36. The summed E-state index contributed by atoms with van der Waals surface area (Å²) in [7, 11) is -3.92. The van der Waals surface area contributed by atoms with Gasteiger partial charge in [-0.15, -0.1) is 0 Å². The fraction of sp³-hybridized carbons (Fsp3) is 0.375. The Bertz CT molecular complexity index is 1680. The molecule has 0 radical (unpaired) electrons. The number of fused-ring (bicyclic) bond motifs is 2. The van der Waals surface area contributed by atoms with E-state index in [1.807, 2.05) is 0 Å². The molecule has 4 aromatic rings. The highest BCUT2D eigenvalue weighted by Gasteiger charge is 2.26.